The molecule has 0 radical (unpaired) electrons. The fourth-order valence-electron chi connectivity index (χ4n) is 1.22. The summed E-state index contributed by atoms with van der Waals surface area (Å²) >= 11 is 11.6. The Balaban J connectivity index is 2.39. The van der Waals surface area contributed by atoms with E-state index in [2.05, 4.69) is 9.97 Å². The van der Waals surface area contributed by atoms with Gasteiger partial charge in [-0.15, -0.1) is 0 Å². The molecule has 0 aliphatic heterocycles. The normalized spacial score (nSPS) is 10.2. The van der Waals surface area contributed by atoms with Crippen LogP contribution in [0.15, 0.2) is 30.6 Å². The molecule has 2 aromatic rings. The maximum Gasteiger partial charge on any atom is 0.338 e. The van der Waals surface area contributed by atoms with Crippen molar-refractivity contribution in [1.29, 1.82) is 0 Å². The second-order valence-electron chi connectivity index (χ2n) is 3.23. The van der Waals surface area contributed by atoms with Crippen molar-refractivity contribution < 1.29 is 9.90 Å². The first kappa shape index (κ1) is 11.8. The Morgan fingerprint density at radius 1 is 1.12 bits per heavy atom. The van der Waals surface area contributed by atoms with Crippen molar-refractivity contribution in [3.8, 4) is 11.4 Å². The van der Waals surface area contributed by atoms with Gasteiger partial charge in [0.1, 0.15) is 0 Å². The number of carboxylic acid groups (broad SMARTS) is 1. The van der Waals surface area contributed by atoms with Gasteiger partial charge < -0.3 is 5.11 Å². The lowest BCUT2D eigenvalue weighted by Gasteiger charge is -2.02. The molecule has 0 aliphatic carbocycles. The van der Waals surface area contributed by atoms with Gasteiger partial charge in [0, 0.05) is 18.0 Å². The lowest BCUT2D eigenvalue weighted by Crippen LogP contribution is -1.99. The summed E-state index contributed by atoms with van der Waals surface area (Å²) in [6, 6.07) is 4.97. The molecule has 17 heavy (non-hydrogen) atoms. The Bertz CT molecular complexity index is 570. The molecule has 6 heteroatoms. The number of carbonyl (C=O) groups is 1. The molecule has 1 aromatic heterocycles. The molecule has 0 atom stereocenters. The number of carboxylic acids is 1. The van der Waals surface area contributed by atoms with E-state index in [4.69, 9.17) is 28.3 Å². The monoisotopic (exact) mass is 268 g/mol. The molecule has 0 saturated carbocycles. The standard InChI is InChI=1S/C11H6Cl2N2O2/c12-8-2-1-6(3-9(8)13)10-14-4-7(5-15-10)11(16)17/h1-5H,(H,16,17). The Kier molecular flexibility index (Phi) is 3.26. The van der Waals surface area contributed by atoms with E-state index in [9.17, 15) is 4.79 Å². The van der Waals surface area contributed by atoms with Crippen LogP contribution in [0.3, 0.4) is 0 Å². The van der Waals surface area contributed by atoms with Crippen LogP contribution in [0.2, 0.25) is 10.0 Å². The third-order valence-corrected chi connectivity index (χ3v) is 2.82. The van der Waals surface area contributed by atoms with Crippen LogP contribution < -0.4 is 0 Å². The molecule has 4 nitrogen and oxygen atoms in total. The second kappa shape index (κ2) is 4.69. The quantitative estimate of drug-likeness (QED) is 0.909. The van der Waals surface area contributed by atoms with E-state index < -0.39 is 5.97 Å². The number of nitrogens with zero attached hydrogens (tertiary/aromatic N) is 2. The summed E-state index contributed by atoms with van der Waals surface area (Å²) in [5, 5.41) is 9.55. The largest absolute Gasteiger partial charge is 0.478 e. The first-order valence-electron chi connectivity index (χ1n) is 4.58. The van der Waals surface area contributed by atoms with Crippen molar-refractivity contribution in [2.45, 2.75) is 0 Å². The summed E-state index contributed by atoms with van der Waals surface area (Å²) in [6.45, 7) is 0. The van der Waals surface area contributed by atoms with Crippen LogP contribution in [0.5, 0.6) is 0 Å². The highest BCUT2D eigenvalue weighted by molar-refractivity contribution is 6.42. The van der Waals surface area contributed by atoms with Crippen molar-refractivity contribution in [3.05, 3.63) is 46.2 Å². The highest BCUT2D eigenvalue weighted by Crippen LogP contribution is 2.26. The van der Waals surface area contributed by atoms with E-state index in [0.717, 1.165) is 0 Å². The first-order valence-corrected chi connectivity index (χ1v) is 5.34. The highest BCUT2D eigenvalue weighted by atomic mass is 35.5. The van der Waals surface area contributed by atoms with Crippen molar-refractivity contribution in [1.82, 2.24) is 9.97 Å². The molecule has 0 unspecified atom stereocenters. The fourth-order valence-corrected chi connectivity index (χ4v) is 1.52. The average Bonchev–Trinajstić information content (AvgIpc) is 2.33. The van der Waals surface area contributed by atoms with Crippen molar-refractivity contribution >= 4 is 29.2 Å². The molecule has 0 fully saturated rings. The maximum absolute atomic E-state index is 10.6. The number of rotatable bonds is 2. The zero-order valence-electron chi connectivity index (χ0n) is 8.39. The number of aromatic carboxylic acids is 1. The van der Waals surface area contributed by atoms with Gasteiger partial charge in [-0.1, -0.05) is 23.2 Å². The number of hydrogen-bond donors (Lipinski definition) is 1. The summed E-state index contributed by atoms with van der Waals surface area (Å²) < 4.78 is 0. The molecule has 2 rings (SSSR count). The molecule has 0 bridgehead atoms. The minimum absolute atomic E-state index is 0.0359. The molecule has 1 aromatic carbocycles. The summed E-state index contributed by atoms with van der Waals surface area (Å²) in [5.74, 6) is -0.667. The van der Waals surface area contributed by atoms with Gasteiger partial charge >= 0.3 is 5.97 Å². The lowest BCUT2D eigenvalue weighted by molar-refractivity contribution is 0.0696. The van der Waals surface area contributed by atoms with E-state index in [1.54, 1.807) is 18.2 Å². The maximum atomic E-state index is 10.6. The number of benzene rings is 1. The smallest absolute Gasteiger partial charge is 0.338 e. The number of halogens is 2. The van der Waals surface area contributed by atoms with E-state index in [-0.39, 0.29) is 5.56 Å². The predicted molar refractivity (Wildman–Crippen MR) is 64.4 cm³/mol. The van der Waals surface area contributed by atoms with E-state index >= 15 is 0 Å². The molecule has 0 spiro atoms. The topological polar surface area (TPSA) is 63.1 Å². The number of aromatic nitrogens is 2. The molecule has 1 N–H and O–H groups in total. The molecular formula is C11H6Cl2N2O2. The predicted octanol–water partition coefficient (Wildman–Crippen LogP) is 3.15. The van der Waals surface area contributed by atoms with Crippen molar-refractivity contribution in [2.75, 3.05) is 0 Å². The molecule has 0 aliphatic rings. The van der Waals surface area contributed by atoms with Gasteiger partial charge in [-0.2, -0.15) is 0 Å². The molecule has 86 valence electrons. The number of hydrogen-bond acceptors (Lipinski definition) is 3. The minimum atomic E-state index is -1.06. The molecule has 0 saturated heterocycles. The van der Waals surface area contributed by atoms with Crippen LogP contribution in [-0.2, 0) is 0 Å². The average molecular weight is 269 g/mol. The van der Waals surface area contributed by atoms with Crippen molar-refractivity contribution in [2.24, 2.45) is 0 Å². The third kappa shape index (κ3) is 2.54. The molecule has 1 heterocycles. The Morgan fingerprint density at radius 2 is 1.76 bits per heavy atom. The van der Waals surface area contributed by atoms with Crippen LogP contribution in [0.4, 0.5) is 0 Å². The van der Waals surface area contributed by atoms with E-state index in [0.29, 0.717) is 21.4 Å². The third-order valence-electron chi connectivity index (χ3n) is 2.08. The zero-order valence-corrected chi connectivity index (χ0v) is 9.90. The van der Waals surface area contributed by atoms with Crippen LogP contribution >= 0.6 is 23.2 Å². The Morgan fingerprint density at radius 3 is 2.29 bits per heavy atom. The van der Waals surface area contributed by atoms with Crippen LogP contribution in [0, 0.1) is 0 Å². The Hall–Kier alpha value is -1.65. The van der Waals surface area contributed by atoms with Crippen LogP contribution in [0.1, 0.15) is 10.4 Å². The SMILES string of the molecule is O=C(O)c1cnc(-c2ccc(Cl)c(Cl)c2)nc1. The summed E-state index contributed by atoms with van der Waals surface area (Å²) in [4.78, 5) is 18.5. The summed E-state index contributed by atoms with van der Waals surface area (Å²) in [6.07, 6.45) is 2.49. The summed E-state index contributed by atoms with van der Waals surface area (Å²) in [7, 11) is 0. The van der Waals surface area contributed by atoms with Gasteiger partial charge in [0.25, 0.3) is 0 Å². The van der Waals surface area contributed by atoms with Gasteiger partial charge in [0.15, 0.2) is 5.82 Å². The highest BCUT2D eigenvalue weighted by Gasteiger charge is 2.07. The van der Waals surface area contributed by atoms with Crippen LogP contribution in [0.25, 0.3) is 11.4 Å². The lowest BCUT2D eigenvalue weighted by atomic mass is 10.2. The molecular weight excluding hydrogens is 263 g/mol. The van der Waals surface area contributed by atoms with Gasteiger partial charge in [-0.05, 0) is 18.2 Å². The second-order valence-corrected chi connectivity index (χ2v) is 4.04. The van der Waals surface area contributed by atoms with Gasteiger partial charge in [0.05, 0.1) is 15.6 Å². The zero-order chi connectivity index (χ0) is 12.4. The summed E-state index contributed by atoms with van der Waals surface area (Å²) in [5.41, 5.74) is 0.713. The Labute approximate surface area is 107 Å². The molecule has 0 amide bonds. The van der Waals surface area contributed by atoms with E-state index in [1.807, 2.05) is 0 Å². The first-order chi connectivity index (χ1) is 8.08. The van der Waals surface area contributed by atoms with Crippen LogP contribution in [-0.4, -0.2) is 21.0 Å². The van der Waals surface area contributed by atoms with Crippen molar-refractivity contribution in [3.63, 3.8) is 0 Å². The van der Waals surface area contributed by atoms with Gasteiger partial charge in [-0.3, -0.25) is 0 Å². The minimum Gasteiger partial charge on any atom is -0.478 e. The van der Waals surface area contributed by atoms with Gasteiger partial charge in [-0.25, -0.2) is 14.8 Å². The fraction of sp³-hybridized carbons (Fsp3) is 0. The van der Waals surface area contributed by atoms with E-state index in [1.165, 1.54) is 12.4 Å². The van der Waals surface area contributed by atoms with Gasteiger partial charge in [0.2, 0.25) is 0 Å².